The van der Waals surface area contributed by atoms with Gasteiger partial charge in [-0.3, -0.25) is 0 Å². The minimum absolute atomic E-state index is 0.312. The van der Waals surface area contributed by atoms with E-state index in [2.05, 4.69) is 26.0 Å². The van der Waals surface area contributed by atoms with Crippen molar-refractivity contribution in [1.82, 2.24) is 0 Å². The fourth-order valence-corrected chi connectivity index (χ4v) is 3.93. The Morgan fingerprint density at radius 3 is 1.93 bits per heavy atom. The summed E-state index contributed by atoms with van der Waals surface area (Å²) in [6.45, 7) is 4.10. The summed E-state index contributed by atoms with van der Waals surface area (Å²) in [4.78, 5) is 0. The number of hydrogen-bond donors (Lipinski definition) is 2. The lowest BCUT2D eigenvalue weighted by molar-refractivity contribution is -0.373. The highest BCUT2D eigenvalue weighted by molar-refractivity contribution is 5.25. The van der Waals surface area contributed by atoms with Crippen LogP contribution in [-0.4, -0.2) is 47.8 Å². The molecular formula is C24H30O6. The minimum Gasteiger partial charge on any atom is -0.394 e. The van der Waals surface area contributed by atoms with Gasteiger partial charge in [0.25, 0.3) is 0 Å². The van der Waals surface area contributed by atoms with Crippen molar-refractivity contribution in [3.8, 4) is 0 Å². The Balaban J connectivity index is 1.52. The van der Waals surface area contributed by atoms with E-state index in [1.807, 2.05) is 36.4 Å². The lowest BCUT2D eigenvalue weighted by Crippen LogP contribution is -2.58. The van der Waals surface area contributed by atoms with E-state index in [0.29, 0.717) is 6.61 Å². The van der Waals surface area contributed by atoms with Crippen LogP contribution in [0.2, 0.25) is 0 Å². The highest BCUT2D eigenvalue weighted by atomic mass is 16.8. The van der Waals surface area contributed by atoms with Crippen molar-refractivity contribution in [3.63, 3.8) is 0 Å². The van der Waals surface area contributed by atoms with Crippen molar-refractivity contribution in [2.24, 2.45) is 0 Å². The highest BCUT2D eigenvalue weighted by Crippen LogP contribution is 2.39. The third kappa shape index (κ3) is 4.44. The Labute approximate surface area is 177 Å². The van der Waals surface area contributed by atoms with Crippen LogP contribution in [0.15, 0.2) is 48.5 Å². The molecule has 6 nitrogen and oxygen atoms in total. The fourth-order valence-electron chi connectivity index (χ4n) is 3.93. The van der Waals surface area contributed by atoms with E-state index in [-0.39, 0.29) is 0 Å². The van der Waals surface area contributed by atoms with Crippen molar-refractivity contribution in [1.29, 1.82) is 0 Å². The first-order valence-corrected chi connectivity index (χ1v) is 10.7. The van der Waals surface area contributed by atoms with Crippen LogP contribution in [0.5, 0.6) is 0 Å². The second kappa shape index (κ2) is 9.56. The first-order valence-electron chi connectivity index (χ1n) is 10.7. The topological polar surface area (TPSA) is 77.4 Å². The van der Waals surface area contributed by atoms with Gasteiger partial charge in [0.1, 0.15) is 24.4 Å². The number of rotatable bonds is 6. The van der Waals surface area contributed by atoms with Gasteiger partial charge in [-0.25, -0.2) is 0 Å². The zero-order valence-electron chi connectivity index (χ0n) is 17.4. The molecule has 2 aliphatic rings. The summed E-state index contributed by atoms with van der Waals surface area (Å²) in [5.74, 6) is 0. The highest BCUT2D eigenvalue weighted by Gasteiger charge is 2.48. The summed E-state index contributed by atoms with van der Waals surface area (Å²) >= 11 is 0. The number of aliphatic hydroxyl groups excluding tert-OH is 2. The van der Waals surface area contributed by atoms with E-state index >= 15 is 0 Å². The van der Waals surface area contributed by atoms with E-state index in [9.17, 15) is 10.2 Å². The molecule has 0 bridgehead atoms. The van der Waals surface area contributed by atoms with Crippen LogP contribution in [-0.2, 0) is 31.8 Å². The number of aliphatic hydroxyl groups is 2. The Hall–Kier alpha value is -1.80. The zero-order chi connectivity index (χ0) is 21.1. The van der Waals surface area contributed by atoms with E-state index in [4.69, 9.17) is 18.9 Å². The predicted molar refractivity (Wildman–Crippen MR) is 111 cm³/mol. The minimum atomic E-state index is -1.08. The first kappa shape index (κ1) is 21.4. The second-order valence-electron chi connectivity index (χ2n) is 7.81. The van der Waals surface area contributed by atoms with Gasteiger partial charge >= 0.3 is 0 Å². The normalized spacial score (nSPS) is 29.9. The summed E-state index contributed by atoms with van der Waals surface area (Å²) in [7, 11) is 0. The standard InChI is InChI=1S/C24H30O6/c1-3-15-5-9-17(10-6-15)23-27-14-20-22(30-23)21(19(26)13-25)29-24(28-20)18-11-7-16(4-2)8-12-18/h5-12,19-26H,3-4,13-14H2,1-2H3/t19-,20+,21-,22+,23-,24+/m1/s1. The molecule has 0 spiro atoms. The van der Waals surface area contributed by atoms with Crippen molar-refractivity contribution in [3.05, 3.63) is 70.8 Å². The Kier molecular flexibility index (Phi) is 6.83. The van der Waals surface area contributed by atoms with Crippen LogP contribution in [0.1, 0.15) is 48.7 Å². The molecule has 2 saturated heterocycles. The third-order valence-corrected chi connectivity index (χ3v) is 5.85. The van der Waals surface area contributed by atoms with Crippen molar-refractivity contribution in [2.75, 3.05) is 13.2 Å². The van der Waals surface area contributed by atoms with Gasteiger partial charge in [0.15, 0.2) is 12.6 Å². The van der Waals surface area contributed by atoms with Gasteiger partial charge in [0.2, 0.25) is 0 Å². The summed E-state index contributed by atoms with van der Waals surface area (Å²) in [6.07, 6.45) is -2.09. The maximum absolute atomic E-state index is 10.4. The van der Waals surface area contributed by atoms with Crippen molar-refractivity contribution >= 4 is 0 Å². The molecule has 0 unspecified atom stereocenters. The van der Waals surface area contributed by atoms with E-state index in [0.717, 1.165) is 24.0 Å². The molecule has 162 valence electrons. The zero-order valence-corrected chi connectivity index (χ0v) is 17.4. The van der Waals surface area contributed by atoms with E-state index < -0.39 is 43.6 Å². The van der Waals surface area contributed by atoms with Crippen LogP contribution in [0.4, 0.5) is 0 Å². The van der Waals surface area contributed by atoms with E-state index in [1.165, 1.54) is 11.1 Å². The summed E-state index contributed by atoms with van der Waals surface area (Å²) in [6, 6.07) is 16.1. The molecule has 2 heterocycles. The Bertz CT molecular complexity index is 803. The number of fused-ring (bicyclic) bond motifs is 1. The van der Waals surface area contributed by atoms with Gasteiger partial charge in [0.05, 0.1) is 13.2 Å². The maximum Gasteiger partial charge on any atom is 0.184 e. The average Bonchev–Trinajstić information content (AvgIpc) is 2.82. The van der Waals surface area contributed by atoms with Gasteiger partial charge in [-0.15, -0.1) is 0 Å². The molecule has 30 heavy (non-hydrogen) atoms. The molecule has 2 fully saturated rings. The average molecular weight is 414 g/mol. The van der Waals surface area contributed by atoms with Crippen LogP contribution < -0.4 is 0 Å². The summed E-state index contributed by atoms with van der Waals surface area (Å²) in [5.41, 5.74) is 4.22. The van der Waals surface area contributed by atoms with Gasteiger partial charge in [-0.05, 0) is 24.0 Å². The monoisotopic (exact) mass is 414 g/mol. The Morgan fingerprint density at radius 2 is 1.40 bits per heavy atom. The molecular weight excluding hydrogens is 384 g/mol. The lowest BCUT2D eigenvalue weighted by atomic mass is 9.99. The SMILES string of the molecule is CCc1ccc([C@@H]2OC[C@@H]3O[C@H](c4ccc(CC)cc4)O[C@H]([C@H](O)CO)[C@H]3O2)cc1. The number of ether oxygens (including phenoxy) is 4. The number of hydrogen-bond acceptors (Lipinski definition) is 6. The molecule has 0 radical (unpaired) electrons. The van der Waals surface area contributed by atoms with Crippen molar-refractivity contribution < 1.29 is 29.2 Å². The smallest absolute Gasteiger partial charge is 0.184 e. The molecule has 6 heteroatoms. The third-order valence-electron chi connectivity index (χ3n) is 5.85. The molecule has 2 aromatic carbocycles. The van der Waals surface area contributed by atoms with Crippen LogP contribution in [0, 0.1) is 0 Å². The summed E-state index contributed by atoms with van der Waals surface area (Å²) < 4.78 is 24.3. The van der Waals surface area contributed by atoms with Gasteiger partial charge < -0.3 is 29.2 Å². The molecule has 0 aromatic heterocycles. The van der Waals surface area contributed by atoms with Gasteiger partial charge in [-0.2, -0.15) is 0 Å². The van der Waals surface area contributed by atoms with Crippen LogP contribution in [0.3, 0.4) is 0 Å². The van der Waals surface area contributed by atoms with Gasteiger partial charge in [-0.1, -0.05) is 62.4 Å². The van der Waals surface area contributed by atoms with Crippen molar-refractivity contribution in [2.45, 2.75) is 63.7 Å². The molecule has 0 aliphatic carbocycles. The van der Waals surface area contributed by atoms with Crippen LogP contribution >= 0.6 is 0 Å². The van der Waals surface area contributed by atoms with Gasteiger partial charge in [0, 0.05) is 11.1 Å². The number of benzene rings is 2. The van der Waals surface area contributed by atoms with E-state index in [1.54, 1.807) is 0 Å². The maximum atomic E-state index is 10.4. The molecule has 2 N–H and O–H groups in total. The molecule has 0 saturated carbocycles. The summed E-state index contributed by atoms with van der Waals surface area (Å²) in [5, 5.41) is 20.0. The Morgan fingerprint density at radius 1 is 0.833 bits per heavy atom. The molecule has 6 atom stereocenters. The molecule has 4 rings (SSSR count). The lowest BCUT2D eigenvalue weighted by Gasteiger charge is -2.47. The molecule has 0 amide bonds. The molecule has 2 aromatic rings. The number of aryl methyl sites for hydroxylation is 2. The molecule has 2 aliphatic heterocycles. The second-order valence-corrected chi connectivity index (χ2v) is 7.81. The predicted octanol–water partition coefficient (Wildman–Crippen LogP) is 3.06. The largest absolute Gasteiger partial charge is 0.394 e. The quantitative estimate of drug-likeness (QED) is 0.757. The first-order chi connectivity index (χ1) is 14.6. The fraction of sp³-hybridized carbons (Fsp3) is 0.500. The van der Waals surface area contributed by atoms with Crippen LogP contribution in [0.25, 0.3) is 0 Å².